The van der Waals surface area contributed by atoms with Crippen LogP contribution in [0, 0.1) is 20.8 Å². The smallest absolute Gasteiger partial charge is 0.340 e. The van der Waals surface area contributed by atoms with Gasteiger partial charge in [0.05, 0.1) is 5.56 Å². The Bertz CT molecular complexity index is 1360. The van der Waals surface area contributed by atoms with E-state index in [-0.39, 0.29) is 17.4 Å². The van der Waals surface area contributed by atoms with Crippen LogP contribution in [-0.2, 0) is 4.74 Å². The van der Waals surface area contributed by atoms with E-state index in [9.17, 15) is 19.2 Å². The Kier molecular flexibility index (Phi) is 5.33. The number of para-hydroxylation sites is 1. The largest absolute Gasteiger partial charge is 0.454 e. The maximum Gasteiger partial charge on any atom is 0.340 e. The van der Waals surface area contributed by atoms with Crippen molar-refractivity contribution in [1.29, 1.82) is 0 Å². The molecule has 1 aromatic carbocycles. The molecule has 1 aliphatic rings. The van der Waals surface area contributed by atoms with Gasteiger partial charge < -0.3 is 15.0 Å². The SMILES string of the molecule is Cc1ccccc1-n1c(C)cc(C(=O)OCC(=O)c2c(N)n(C3CC3)c(=O)[nH]c2=O)c1C. The van der Waals surface area contributed by atoms with Gasteiger partial charge >= 0.3 is 11.7 Å². The predicted molar refractivity (Wildman–Crippen MR) is 119 cm³/mol. The topological polar surface area (TPSA) is 129 Å². The molecule has 0 saturated heterocycles. The number of nitrogens with one attached hydrogen (secondary N) is 1. The average Bonchev–Trinajstić information content (AvgIpc) is 3.51. The molecule has 1 fully saturated rings. The lowest BCUT2D eigenvalue weighted by molar-refractivity contribution is 0.0473. The summed E-state index contributed by atoms with van der Waals surface area (Å²) >= 11 is 0. The number of esters is 1. The fourth-order valence-electron chi connectivity index (χ4n) is 3.97. The van der Waals surface area contributed by atoms with E-state index in [1.807, 2.05) is 42.7 Å². The quantitative estimate of drug-likeness (QED) is 0.450. The first-order chi connectivity index (χ1) is 15.2. The first kappa shape index (κ1) is 21.4. The summed E-state index contributed by atoms with van der Waals surface area (Å²) in [4.78, 5) is 51.7. The van der Waals surface area contributed by atoms with Crippen molar-refractivity contribution < 1.29 is 14.3 Å². The Balaban J connectivity index is 1.57. The van der Waals surface area contributed by atoms with Crippen molar-refractivity contribution in [2.75, 3.05) is 12.3 Å². The number of nitrogen functional groups attached to an aromatic ring is 1. The number of benzene rings is 1. The van der Waals surface area contributed by atoms with Crippen molar-refractivity contribution in [2.24, 2.45) is 0 Å². The molecule has 3 N–H and O–H groups in total. The van der Waals surface area contributed by atoms with Gasteiger partial charge in [0.15, 0.2) is 6.61 Å². The summed E-state index contributed by atoms with van der Waals surface area (Å²) < 4.78 is 8.38. The lowest BCUT2D eigenvalue weighted by atomic mass is 10.2. The van der Waals surface area contributed by atoms with Gasteiger partial charge in [-0.05, 0) is 51.3 Å². The number of hydrogen-bond acceptors (Lipinski definition) is 6. The van der Waals surface area contributed by atoms with Crippen LogP contribution >= 0.6 is 0 Å². The third-order valence-electron chi connectivity index (χ3n) is 5.71. The zero-order chi connectivity index (χ0) is 23.2. The molecule has 0 radical (unpaired) electrons. The number of aromatic nitrogens is 3. The van der Waals surface area contributed by atoms with E-state index in [1.54, 1.807) is 13.0 Å². The van der Waals surface area contributed by atoms with Crippen molar-refractivity contribution in [3.05, 3.63) is 79.2 Å². The maximum absolute atomic E-state index is 12.7. The lowest BCUT2D eigenvalue weighted by Gasteiger charge is -2.13. The molecule has 0 unspecified atom stereocenters. The van der Waals surface area contributed by atoms with E-state index in [4.69, 9.17) is 10.5 Å². The summed E-state index contributed by atoms with van der Waals surface area (Å²) in [6.45, 7) is 4.99. The Morgan fingerprint density at radius 2 is 1.84 bits per heavy atom. The second kappa shape index (κ2) is 7.99. The zero-order valence-electron chi connectivity index (χ0n) is 18.1. The molecule has 0 atom stereocenters. The Morgan fingerprint density at radius 1 is 1.16 bits per heavy atom. The molecule has 0 spiro atoms. The van der Waals surface area contributed by atoms with Crippen LogP contribution in [0.15, 0.2) is 39.9 Å². The fraction of sp³-hybridized carbons (Fsp3) is 0.304. The van der Waals surface area contributed by atoms with Crippen LogP contribution in [0.5, 0.6) is 0 Å². The Morgan fingerprint density at radius 3 is 2.50 bits per heavy atom. The molecule has 3 aromatic rings. The minimum atomic E-state index is -0.886. The van der Waals surface area contributed by atoms with Crippen molar-refractivity contribution in [3.63, 3.8) is 0 Å². The van der Waals surface area contributed by atoms with Crippen molar-refractivity contribution in [1.82, 2.24) is 14.1 Å². The summed E-state index contributed by atoms with van der Waals surface area (Å²) in [5, 5.41) is 0. The van der Waals surface area contributed by atoms with E-state index in [0.29, 0.717) is 11.3 Å². The number of nitrogens with zero attached hydrogens (tertiary/aromatic N) is 2. The van der Waals surface area contributed by atoms with Crippen LogP contribution in [0.25, 0.3) is 5.69 Å². The van der Waals surface area contributed by atoms with Gasteiger partial charge in [-0.3, -0.25) is 19.1 Å². The number of aryl methyl sites for hydroxylation is 2. The number of rotatable bonds is 6. The molecule has 9 nitrogen and oxygen atoms in total. The molecule has 9 heteroatoms. The van der Waals surface area contributed by atoms with Gasteiger partial charge in [0.2, 0.25) is 5.78 Å². The van der Waals surface area contributed by atoms with Gasteiger partial charge in [0, 0.05) is 23.1 Å². The standard InChI is InChI=1S/C23H24N4O5/c1-12-6-4-5-7-17(12)26-13(2)10-16(14(26)3)22(30)32-11-18(28)19-20(24)27(15-8-9-15)23(31)25-21(19)29/h4-7,10,15H,8-9,11,24H2,1-3H3,(H,25,29,31). The third kappa shape index (κ3) is 3.66. The van der Waals surface area contributed by atoms with Crippen molar-refractivity contribution in [3.8, 4) is 5.69 Å². The second-order valence-electron chi connectivity index (χ2n) is 8.03. The number of hydrogen-bond donors (Lipinski definition) is 2. The summed E-state index contributed by atoms with van der Waals surface area (Å²) in [5.74, 6) is -1.64. The molecule has 32 heavy (non-hydrogen) atoms. The molecule has 4 rings (SSSR count). The van der Waals surface area contributed by atoms with Crippen LogP contribution in [-0.4, -0.2) is 32.5 Å². The van der Waals surface area contributed by atoms with E-state index in [1.165, 1.54) is 4.57 Å². The lowest BCUT2D eigenvalue weighted by Crippen LogP contribution is -2.36. The van der Waals surface area contributed by atoms with E-state index in [2.05, 4.69) is 4.98 Å². The summed E-state index contributed by atoms with van der Waals surface area (Å²) in [6.07, 6.45) is 1.49. The minimum absolute atomic E-state index is 0.125. The van der Waals surface area contributed by atoms with Gasteiger partial charge in [-0.2, -0.15) is 0 Å². The third-order valence-corrected chi connectivity index (χ3v) is 5.71. The normalized spacial score (nSPS) is 13.2. The summed E-state index contributed by atoms with van der Waals surface area (Å²) in [7, 11) is 0. The highest BCUT2D eigenvalue weighted by molar-refractivity contribution is 6.02. The zero-order valence-corrected chi connectivity index (χ0v) is 18.1. The first-order valence-corrected chi connectivity index (χ1v) is 10.3. The monoisotopic (exact) mass is 436 g/mol. The number of H-pyrrole nitrogens is 1. The molecule has 2 aromatic heterocycles. The number of carbonyl (C=O) groups excluding carboxylic acids is 2. The predicted octanol–water partition coefficient (Wildman–Crippen LogP) is 2.21. The van der Waals surface area contributed by atoms with E-state index >= 15 is 0 Å². The molecular weight excluding hydrogens is 412 g/mol. The number of nitrogens with two attached hydrogens (primary N) is 1. The average molecular weight is 436 g/mol. The highest BCUT2D eigenvalue weighted by Gasteiger charge is 2.30. The first-order valence-electron chi connectivity index (χ1n) is 10.3. The van der Waals surface area contributed by atoms with Crippen LogP contribution in [0.3, 0.4) is 0 Å². The van der Waals surface area contributed by atoms with Gasteiger partial charge in [0.25, 0.3) is 5.56 Å². The molecule has 0 aliphatic heterocycles. The van der Waals surface area contributed by atoms with Gasteiger partial charge in [-0.15, -0.1) is 0 Å². The molecule has 1 aliphatic carbocycles. The maximum atomic E-state index is 12.7. The van der Waals surface area contributed by atoms with Gasteiger partial charge in [0.1, 0.15) is 11.4 Å². The highest BCUT2D eigenvalue weighted by Crippen LogP contribution is 2.35. The highest BCUT2D eigenvalue weighted by atomic mass is 16.5. The van der Waals surface area contributed by atoms with Crippen LogP contribution in [0.4, 0.5) is 5.82 Å². The summed E-state index contributed by atoms with van der Waals surface area (Å²) in [5.41, 5.74) is 7.88. The molecule has 0 bridgehead atoms. The number of Topliss-reactive ketones (excluding diaryl/α,β-unsaturated/α-hetero) is 1. The summed E-state index contributed by atoms with van der Waals surface area (Å²) in [6, 6.07) is 9.36. The van der Waals surface area contributed by atoms with Crippen LogP contribution in [0.2, 0.25) is 0 Å². The number of carbonyl (C=O) groups is 2. The van der Waals surface area contributed by atoms with Crippen LogP contribution < -0.4 is 17.0 Å². The van der Waals surface area contributed by atoms with Crippen molar-refractivity contribution >= 4 is 17.6 Å². The fourth-order valence-corrected chi connectivity index (χ4v) is 3.97. The minimum Gasteiger partial charge on any atom is -0.454 e. The van der Waals surface area contributed by atoms with Gasteiger partial charge in [-0.25, -0.2) is 9.59 Å². The van der Waals surface area contributed by atoms with Gasteiger partial charge in [-0.1, -0.05) is 18.2 Å². The molecule has 166 valence electrons. The second-order valence-corrected chi connectivity index (χ2v) is 8.03. The van der Waals surface area contributed by atoms with E-state index in [0.717, 1.165) is 29.8 Å². The molecule has 0 amide bonds. The molecular formula is C23H24N4O5. The molecule has 2 heterocycles. The number of anilines is 1. The molecule has 1 saturated carbocycles. The number of ketones is 1. The Labute approximate surface area is 183 Å². The van der Waals surface area contributed by atoms with Crippen LogP contribution in [0.1, 0.15) is 56.6 Å². The van der Waals surface area contributed by atoms with E-state index < -0.39 is 29.6 Å². The number of aromatic amines is 1. The number of ether oxygens (including phenoxy) is 1. The Hall–Kier alpha value is -3.88. The van der Waals surface area contributed by atoms with Crippen molar-refractivity contribution in [2.45, 2.75) is 39.7 Å².